The Hall–Kier alpha value is -1.34. The zero-order chi connectivity index (χ0) is 19.6. The number of guanidine groups is 1. The second-order valence-corrected chi connectivity index (χ2v) is 7.91. The molecule has 7 heteroatoms. The van der Waals surface area contributed by atoms with Gasteiger partial charge >= 0.3 is 0 Å². The molecule has 2 rings (SSSR count). The van der Waals surface area contributed by atoms with Gasteiger partial charge in [-0.3, -0.25) is 4.79 Å². The summed E-state index contributed by atoms with van der Waals surface area (Å²) in [6.07, 6.45) is 5.62. The summed E-state index contributed by atoms with van der Waals surface area (Å²) >= 11 is 0. The summed E-state index contributed by atoms with van der Waals surface area (Å²) in [6, 6.07) is 0.324. The summed E-state index contributed by atoms with van der Waals surface area (Å²) in [5, 5.41) is 6.98. The first-order chi connectivity index (χ1) is 13.0. The molecule has 0 saturated carbocycles. The van der Waals surface area contributed by atoms with Crippen molar-refractivity contribution in [3.8, 4) is 0 Å². The van der Waals surface area contributed by atoms with Crippen molar-refractivity contribution in [2.24, 2.45) is 16.8 Å². The van der Waals surface area contributed by atoms with Crippen LogP contribution >= 0.6 is 0 Å². The van der Waals surface area contributed by atoms with Crippen LogP contribution in [-0.4, -0.2) is 75.9 Å². The zero-order valence-electron chi connectivity index (χ0n) is 17.5. The zero-order valence-corrected chi connectivity index (χ0v) is 17.5. The smallest absolute Gasteiger partial charge is 0.243 e. The van der Waals surface area contributed by atoms with Crippen LogP contribution in [0.1, 0.15) is 46.0 Å². The number of carbonyl (C=O) groups is 1. The molecular weight excluding hydrogens is 344 g/mol. The van der Waals surface area contributed by atoms with Crippen molar-refractivity contribution < 1.29 is 14.3 Å². The van der Waals surface area contributed by atoms with Crippen LogP contribution in [0.3, 0.4) is 0 Å². The van der Waals surface area contributed by atoms with Crippen molar-refractivity contribution >= 4 is 11.9 Å². The molecule has 0 radical (unpaired) electrons. The van der Waals surface area contributed by atoms with Gasteiger partial charge in [-0.1, -0.05) is 26.7 Å². The third-order valence-corrected chi connectivity index (χ3v) is 5.68. The van der Waals surface area contributed by atoms with E-state index >= 15 is 0 Å². The lowest BCUT2D eigenvalue weighted by Gasteiger charge is -2.35. The van der Waals surface area contributed by atoms with Crippen molar-refractivity contribution in [1.29, 1.82) is 0 Å². The van der Waals surface area contributed by atoms with Gasteiger partial charge < -0.3 is 25.0 Å². The Labute approximate surface area is 164 Å². The largest absolute Gasteiger partial charge is 0.381 e. The van der Waals surface area contributed by atoms with Crippen LogP contribution in [0.4, 0.5) is 0 Å². The van der Waals surface area contributed by atoms with E-state index in [4.69, 9.17) is 9.47 Å². The van der Waals surface area contributed by atoms with Crippen LogP contribution in [0.2, 0.25) is 0 Å². The quantitative estimate of drug-likeness (QED) is 0.493. The normalized spacial score (nSPS) is 26.3. The fourth-order valence-electron chi connectivity index (χ4n) is 3.72. The first-order valence-electron chi connectivity index (χ1n) is 10.5. The number of likely N-dealkylation sites (N-methyl/N-ethyl adjacent to an activating group) is 1. The van der Waals surface area contributed by atoms with Crippen molar-refractivity contribution in [3.63, 3.8) is 0 Å². The molecule has 2 heterocycles. The standard InChI is InChI=1S/C20H38N4O3/c1-5-16(6-2)18-11-17(8-10-27-18)23-20(22-13-19(25)24(3)4)21-12-15-7-9-26-14-15/h15-18H,5-14H2,1-4H3,(H2,21,22,23). The predicted molar refractivity (Wildman–Crippen MR) is 108 cm³/mol. The van der Waals surface area contributed by atoms with E-state index in [1.165, 1.54) is 0 Å². The van der Waals surface area contributed by atoms with Crippen LogP contribution in [0.25, 0.3) is 0 Å². The molecule has 0 aromatic heterocycles. The average molecular weight is 383 g/mol. The Morgan fingerprint density at radius 2 is 2.00 bits per heavy atom. The number of hydrogen-bond donors (Lipinski definition) is 2. The first-order valence-corrected chi connectivity index (χ1v) is 10.5. The van der Waals surface area contributed by atoms with Crippen LogP contribution in [0.5, 0.6) is 0 Å². The highest BCUT2D eigenvalue weighted by Crippen LogP contribution is 2.25. The van der Waals surface area contributed by atoms with E-state index in [-0.39, 0.29) is 12.5 Å². The van der Waals surface area contributed by atoms with Crippen molar-refractivity contribution in [1.82, 2.24) is 15.5 Å². The van der Waals surface area contributed by atoms with Gasteiger partial charge in [-0.2, -0.15) is 0 Å². The molecule has 7 nitrogen and oxygen atoms in total. The van der Waals surface area contributed by atoms with Gasteiger partial charge in [-0.05, 0) is 25.2 Å². The molecule has 2 aliphatic rings. The third kappa shape index (κ3) is 7.30. The van der Waals surface area contributed by atoms with Gasteiger partial charge in [0.25, 0.3) is 0 Å². The first kappa shape index (κ1) is 22.0. The molecule has 27 heavy (non-hydrogen) atoms. The van der Waals surface area contributed by atoms with Gasteiger partial charge in [0.2, 0.25) is 5.91 Å². The van der Waals surface area contributed by atoms with Crippen LogP contribution in [-0.2, 0) is 14.3 Å². The molecule has 0 spiro atoms. The molecule has 0 aromatic rings. The van der Waals surface area contributed by atoms with E-state index < -0.39 is 0 Å². The Morgan fingerprint density at radius 3 is 2.63 bits per heavy atom. The lowest BCUT2D eigenvalue weighted by atomic mass is 9.89. The van der Waals surface area contributed by atoms with E-state index in [1.54, 1.807) is 19.0 Å². The van der Waals surface area contributed by atoms with Crippen LogP contribution < -0.4 is 10.6 Å². The van der Waals surface area contributed by atoms with Gasteiger partial charge in [0.05, 0.1) is 12.7 Å². The average Bonchev–Trinajstić information content (AvgIpc) is 3.18. The SMILES string of the molecule is CCC(CC)C1CC(NC(=NCC(=O)N(C)C)NCC2CCOC2)CCO1. The van der Waals surface area contributed by atoms with Gasteiger partial charge in [0, 0.05) is 45.8 Å². The summed E-state index contributed by atoms with van der Waals surface area (Å²) in [5.41, 5.74) is 0. The van der Waals surface area contributed by atoms with Gasteiger partial charge in [0.1, 0.15) is 6.54 Å². The number of carbonyl (C=O) groups excluding carboxylic acids is 1. The monoisotopic (exact) mass is 382 g/mol. The van der Waals surface area contributed by atoms with E-state index in [0.717, 1.165) is 64.4 Å². The predicted octanol–water partition coefficient (Wildman–Crippen LogP) is 1.63. The van der Waals surface area contributed by atoms with Crippen LogP contribution in [0.15, 0.2) is 4.99 Å². The Balaban J connectivity index is 1.94. The fourth-order valence-corrected chi connectivity index (χ4v) is 3.72. The maximum atomic E-state index is 11.9. The maximum Gasteiger partial charge on any atom is 0.243 e. The van der Waals surface area contributed by atoms with E-state index in [0.29, 0.717) is 24.0 Å². The fraction of sp³-hybridized carbons (Fsp3) is 0.900. The molecule has 2 saturated heterocycles. The highest BCUT2D eigenvalue weighted by atomic mass is 16.5. The summed E-state index contributed by atoms with van der Waals surface area (Å²) in [4.78, 5) is 18.0. The number of aliphatic imine (C=N–C) groups is 1. The van der Waals surface area contributed by atoms with E-state index in [1.807, 2.05) is 0 Å². The topological polar surface area (TPSA) is 75.2 Å². The lowest BCUT2D eigenvalue weighted by molar-refractivity contribution is -0.127. The number of ether oxygens (including phenoxy) is 2. The van der Waals surface area contributed by atoms with Gasteiger partial charge in [-0.15, -0.1) is 0 Å². The molecule has 1 amide bonds. The van der Waals surface area contributed by atoms with Crippen LogP contribution in [0, 0.1) is 11.8 Å². The Bertz CT molecular complexity index is 474. The minimum absolute atomic E-state index is 0.00202. The van der Waals surface area contributed by atoms with Crippen molar-refractivity contribution in [3.05, 3.63) is 0 Å². The number of nitrogens with zero attached hydrogens (tertiary/aromatic N) is 2. The number of nitrogens with one attached hydrogen (secondary N) is 2. The molecule has 3 atom stereocenters. The maximum absolute atomic E-state index is 11.9. The number of rotatable bonds is 8. The second kappa shape index (κ2) is 11.5. The summed E-state index contributed by atoms with van der Waals surface area (Å²) in [7, 11) is 3.51. The van der Waals surface area contributed by atoms with Crippen molar-refractivity contribution in [2.45, 2.75) is 58.1 Å². The molecule has 2 fully saturated rings. The highest BCUT2D eigenvalue weighted by Gasteiger charge is 2.28. The van der Waals surface area contributed by atoms with Crippen molar-refractivity contribution in [2.75, 3.05) is 47.0 Å². The summed E-state index contributed by atoms with van der Waals surface area (Å²) in [5.74, 6) is 1.84. The van der Waals surface area contributed by atoms with Gasteiger partial charge in [0.15, 0.2) is 5.96 Å². The lowest BCUT2D eigenvalue weighted by Crippen LogP contribution is -2.49. The third-order valence-electron chi connectivity index (χ3n) is 5.68. The second-order valence-electron chi connectivity index (χ2n) is 7.91. The summed E-state index contributed by atoms with van der Waals surface area (Å²) in [6.45, 7) is 7.86. The molecular formula is C20H38N4O3. The molecule has 3 unspecified atom stereocenters. The molecule has 0 bridgehead atoms. The molecule has 0 aromatic carbocycles. The van der Waals surface area contributed by atoms with E-state index in [9.17, 15) is 4.79 Å². The molecule has 0 aliphatic carbocycles. The Morgan fingerprint density at radius 1 is 1.22 bits per heavy atom. The highest BCUT2D eigenvalue weighted by molar-refractivity contribution is 5.84. The minimum Gasteiger partial charge on any atom is -0.381 e. The van der Waals surface area contributed by atoms with E-state index in [2.05, 4.69) is 29.5 Å². The number of hydrogen-bond acceptors (Lipinski definition) is 4. The minimum atomic E-state index is 0.00202. The molecule has 2 aliphatic heterocycles. The molecule has 2 N–H and O–H groups in total. The van der Waals surface area contributed by atoms with Gasteiger partial charge in [-0.25, -0.2) is 4.99 Å². The number of amides is 1. The molecule has 156 valence electrons. The summed E-state index contributed by atoms with van der Waals surface area (Å²) < 4.78 is 11.5. The Kier molecular flexibility index (Phi) is 9.34.